The van der Waals surface area contributed by atoms with E-state index >= 15 is 0 Å². The Kier molecular flexibility index (Phi) is 5.08. The summed E-state index contributed by atoms with van der Waals surface area (Å²) in [5.74, 6) is -0.780. The minimum absolute atomic E-state index is 0.153. The summed E-state index contributed by atoms with van der Waals surface area (Å²) in [7, 11) is -3.78. The number of hydrogen-bond donors (Lipinski definition) is 3. The first-order chi connectivity index (χ1) is 5.48. The Labute approximate surface area is 70.0 Å². The van der Waals surface area contributed by atoms with Crippen molar-refractivity contribution < 1.29 is 24.0 Å². The summed E-state index contributed by atoms with van der Waals surface area (Å²) >= 11 is 0. The maximum absolute atomic E-state index is 10.9. The average molecular weight is 197 g/mol. The molecule has 1 unspecified atom stereocenters. The van der Waals surface area contributed by atoms with E-state index in [1.165, 1.54) is 0 Å². The molecule has 0 spiro atoms. The summed E-state index contributed by atoms with van der Waals surface area (Å²) in [5, 5.41) is 8.12. The summed E-state index contributed by atoms with van der Waals surface area (Å²) in [6.45, 7) is 1.25. The molecule has 0 radical (unpaired) electrons. The molecule has 0 aliphatic rings. The van der Waals surface area contributed by atoms with Gasteiger partial charge in [-0.05, 0) is 6.42 Å². The first-order valence-electron chi connectivity index (χ1n) is 3.37. The van der Waals surface area contributed by atoms with Crippen LogP contribution in [0.3, 0.4) is 0 Å². The van der Waals surface area contributed by atoms with Crippen LogP contribution < -0.4 is 5.48 Å². The Morgan fingerprint density at radius 1 is 1.67 bits per heavy atom. The van der Waals surface area contributed by atoms with Gasteiger partial charge < -0.3 is 14.6 Å². The highest BCUT2D eigenvalue weighted by molar-refractivity contribution is 7.53. The minimum atomic E-state index is -3.78. The zero-order valence-electron chi connectivity index (χ0n) is 6.69. The molecule has 0 saturated heterocycles. The summed E-state index contributed by atoms with van der Waals surface area (Å²) in [5.41, 5.74) is 1.82. The highest BCUT2D eigenvalue weighted by Crippen LogP contribution is 2.42. The third-order valence-corrected chi connectivity index (χ3v) is 2.42. The van der Waals surface area contributed by atoms with E-state index in [4.69, 9.17) is 10.1 Å². The first kappa shape index (κ1) is 11.6. The molecule has 1 atom stereocenters. The molecule has 0 fully saturated rings. The van der Waals surface area contributed by atoms with E-state index in [0.717, 1.165) is 6.92 Å². The first-order valence-corrected chi connectivity index (χ1v) is 5.13. The molecule has 72 valence electrons. The van der Waals surface area contributed by atoms with Gasteiger partial charge in [0.15, 0.2) is 0 Å². The summed E-state index contributed by atoms with van der Waals surface area (Å²) in [6.07, 6.45) is 0.109. The molecule has 0 bridgehead atoms. The largest absolute Gasteiger partial charge is 0.392 e. The molecule has 0 aromatic rings. The monoisotopic (exact) mass is 197 g/mol. The third-order valence-electron chi connectivity index (χ3n) is 1.00. The van der Waals surface area contributed by atoms with Gasteiger partial charge >= 0.3 is 13.6 Å². The van der Waals surface area contributed by atoms with Crippen LogP contribution >= 0.6 is 7.60 Å². The van der Waals surface area contributed by atoms with Gasteiger partial charge in [-0.25, -0.2) is 10.0 Å². The highest BCUT2D eigenvalue weighted by atomic mass is 31.2. The van der Waals surface area contributed by atoms with Crippen molar-refractivity contribution in [1.29, 1.82) is 0 Å². The minimum Gasteiger partial charge on any atom is -0.392 e. The lowest BCUT2D eigenvalue weighted by molar-refractivity contribution is -0.132. The molecule has 0 rings (SSSR count). The van der Waals surface area contributed by atoms with Crippen molar-refractivity contribution >= 4 is 13.6 Å². The van der Waals surface area contributed by atoms with E-state index in [2.05, 4.69) is 4.52 Å². The molecule has 0 aromatic heterocycles. The number of nitrogens with one attached hydrogen (secondary N) is 1. The van der Waals surface area contributed by atoms with Gasteiger partial charge in [0.1, 0.15) is 0 Å². The molecule has 7 heteroatoms. The van der Waals surface area contributed by atoms with Crippen LogP contribution in [0.1, 0.15) is 13.3 Å². The number of carbonyl (C=O) groups excluding carboxylic acids is 1. The van der Waals surface area contributed by atoms with Gasteiger partial charge in [-0.3, -0.25) is 4.79 Å². The molecule has 6 nitrogen and oxygen atoms in total. The van der Waals surface area contributed by atoms with Crippen molar-refractivity contribution in [1.82, 2.24) is 5.48 Å². The molecule has 0 heterocycles. The van der Waals surface area contributed by atoms with E-state index in [-0.39, 0.29) is 19.1 Å². The van der Waals surface area contributed by atoms with Crippen molar-refractivity contribution in [3.8, 4) is 0 Å². The van der Waals surface area contributed by atoms with E-state index in [1.54, 1.807) is 0 Å². The molecule has 0 saturated carbocycles. The predicted molar refractivity (Wildman–Crippen MR) is 40.9 cm³/mol. The molecule has 0 amide bonds. The van der Waals surface area contributed by atoms with E-state index in [9.17, 15) is 9.36 Å². The van der Waals surface area contributed by atoms with Crippen LogP contribution in [0.4, 0.5) is 0 Å². The van der Waals surface area contributed by atoms with Crippen LogP contribution in [0.5, 0.6) is 0 Å². The summed E-state index contributed by atoms with van der Waals surface area (Å²) in [6, 6.07) is 0. The third kappa shape index (κ3) is 6.30. The molecule has 12 heavy (non-hydrogen) atoms. The van der Waals surface area contributed by atoms with Gasteiger partial charge in [0, 0.05) is 13.5 Å². The second kappa shape index (κ2) is 5.27. The number of hydroxylamine groups is 1. The molecular weight excluding hydrogens is 185 g/mol. The van der Waals surface area contributed by atoms with Crippen LogP contribution in [0, 0.1) is 0 Å². The Morgan fingerprint density at radius 3 is 2.67 bits per heavy atom. The van der Waals surface area contributed by atoms with Crippen LogP contribution in [0.2, 0.25) is 0 Å². The fourth-order valence-electron chi connectivity index (χ4n) is 0.604. The molecule has 0 aliphatic carbocycles. The fraction of sp³-hybridized carbons (Fsp3) is 0.800. The van der Waals surface area contributed by atoms with E-state index < -0.39 is 13.6 Å². The van der Waals surface area contributed by atoms with Gasteiger partial charge in [0.2, 0.25) is 0 Å². The number of carbonyl (C=O) groups is 1. The molecule has 0 aromatic carbocycles. The smallest absolute Gasteiger partial charge is 0.378 e. The zero-order chi connectivity index (χ0) is 9.61. The van der Waals surface area contributed by atoms with E-state index in [0.29, 0.717) is 0 Å². The maximum Gasteiger partial charge on any atom is 0.378 e. The second-order valence-corrected chi connectivity index (χ2v) is 4.11. The standard InChI is InChI=1S/C5H12NO5P/c1-5(7)11-12(9,10)4-2-3-6-8/h6,8H,2-4H2,1H3,(H,9,10). The Balaban J connectivity index is 3.72. The molecule has 0 aliphatic heterocycles. The topological polar surface area (TPSA) is 95.9 Å². The van der Waals surface area contributed by atoms with Gasteiger partial charge in [-0.2, -0.15) is 0 Å². The summed E-state index contributed by atoms with van der Waals surface area (Å²) in [4.78, 5) is 19.2. The number of hydrogen-bond acceptors (Lipinski definition) is 5. The van der Waals surface area contributed by atoms with Gasteiger partial charge in [0.25, 0.3) is 0 Å². The van der Waals surface area contributed by atoms with Crippen molar-refractivity contribution in [3.05, 3.63) is 0 Å². The lowest BCUT2D eigenvalue weighted by Crippen LogP contribution is -2.11. The van der Waals surface area contributed by atoms with Crippen molar-refractivity contribution in [3.63, 3.8) is 0 Å². The Bertz CT molecular complexity index is 194. The summed E-state index contributed by atoms with van der Waals surface area (Å²) < 4.78 is 15.0. The van der Waals surface area contributed by atoms with Crippen molar-refractivity contribution in [2.24, 2.45) is 0 Å². The maximum atomic E-state index is 10.9. The zero-order valence-corrected chi connectivity index (χ0v) is 7.58. The van der Waals surface area contributed by atoms with Gasteiger partial charge in [-0.15, -0.1) is 0 Å². The lowest BCUT2D eigenvalue weighted by Gasteiger charge is -2.09. The molecular formula is C5H12NO5P. The Morgan fingerprint density at radius 2 is 2.25 bits per heavy atom. The van der Waals surface area contributed by atoms with Crippen LogP contribution in [-0.4, -0.2) is 28.8 Å². The number of rotatable bonds is 5. The quantitative estimate of drug-likeness (QED) is 0.328. The van der Waals surface area contributed by atoms with Crippen molar-refractivity contribution in [2.45, 2.75) is 13.3 Å². The van der Waals surface area contributed by atoms with Gasteiger partial charge in [-0.1, -0.05) is 0 Å². The SMILES string of the molecule is CC(=O)OP(=O)(O)CCCNO. The average Bonchev–Trinajstić information content (AvgIpc) is 1.84. The van der Waals surface area contributed by atoms with Gasteiger partial charge in [0.05, 0.1) is 6.16 Å². The predicted octanol–water partition coefficient (Wildman–Crippen LogP) is 0.104. The Hall–Kier alpha value is -0.420. The normalized spacial score (nSPS) is 15.2. The lowest BCUT2D eigenvalue weighted by atomic mass is 10.5. The highest BCUT2D eigenvalue weighted by Gasteiger charge is 2.20. The fourth-order valence-corrected chi connectivity index (χ4v) is 1.66. The van der Waals surface area contributed by atoms with Crippen molar-refractivity contribution in [2.75, 3.05) is 12.7 Å². The van der Waals surface area contributed by atoms with Crippen LogP contribution in [0.15, 0.2) is 0 Å². The van der Waals surface area contributed by atoms with E-state index in [1.807, 2.05) is 5.48 Å². The van der Waals surface area contributed by atoms with Crippen LogP contribution in [-0.2, 0) is 13.9 Å². The molecule has 3 N–H and O–H groups in total. The van der Waals surface area contributed by atoms with Crippen LogP contribution in [0.25, 0.3) is 0 Å². The second-order valence-electron chi connectivity index (χ2n) is 2.21.